The fraction of sp³-hybridized carbons (Fsp3) is 0. The Morgan fingerprint density at radius 3 is 2.42 bits per heavy atom. The van der Waals surface area contributed by atoms with Crippen molar-refractivity contribution < 1.29 is 4.79 Å². The Labute approximate surface area is 159 Å². The Morgan fingerprint density at radius 2 is 1.77 bits per heavy atom. The Hall–Kier alpha value is -3.14. The maximum absolute atomic E-state index is 12.3. The maximum atomic E-state index is 12.3. The van der Waals surface area contributed by atoms with E-state index in [1.165, 1.54) is 6.07 Å². The van der Waals surface area contributed by atoms with Gasteiger partial charge in [0, 0.05) is 10.7 Å². The van der Waals surface area contributed by atoms with Crippen LogP contribution in [0.25, 0.3) is 0 Å². The number of halogens is 2. The van der Waals surface area contributed by atoms with Crippen molar-refractivity contribution in [3.8, 4) is 6.07 Å². The number of benzene rings is 2. The molecule has 0 aliphatic carbocycles. The van der Waals surface area contributed by atoms with Crippen molar-refractivity contribution in [2.45, 2.75) is 0 Å². The van der Waals surface area contributed by atoms with Crippen molar-refractivity contribution in [2.75, 3.05) is 10.6 Å². The van der Waals surface area contributed by atoms with Gasteiger partial charge in [-0.1, -0.05) is 23.2 Å². The Balaban J connectivity index is 1.69. The zero-order chi connectivity index (χ0) is 18.5. The summed E-state index contributed by atoms with van der Waals surface area (Å²) in [4.78, 5) is 12.3. The molecule has 0 aliphatic rings. The molecule has 6 nitrogen and oxygen atoms in total. The summed E-state index contributed by atoms with van der Waals surface area (Å²) in [5.41, 5.74) is 1.84. The van der Waals surface area contributed by atoms with Gasteiger partial charge in [-0.25, -0.2) is 0 Å². The van der Waals surface area contributed by atoms with Crippen LogP contribution in [0.3, 0.4) is 0 Å². The van der Waals surface area contributed by atoms with Crippen molar-refractivity contribution >= 4 is 46.3 Å². The summed E-state index contributed by atoms with van der Waals surface area (Å²) in [6, 6.07) is 16.9. The highest BCUT2D eigenvalue weighted by molar-refractivity contribution is 6.35. The number of amides is 1. The molecule has 3 aromatic rings. The summed E-state index contributed by atoms with van der Waals surface area (Å²) in [5, 5.41) is 23.2. The van der Waals surface area contributed by atoms with E-state index in [2.05, 4.69) is 20.8 Å². The quantitative estimate of drug-likeness (QED) is 0.683. The maximum Gasteiger partial charge on any atom is 0.276 e. The lowest BCUT2D eigenvalue weighted by molar-refractivity contribution is 0.102. The zero-order valence-electron chi connectivity index (χ0n) is 13.2. The SMILES string of the molecule is N#Cc1ccc(Nc2ccc(C(=O)Nc3cc(Cl)ccc3Cl)nn2)cc1. The monoisotopic (exact) mass is 383 g/mol. The number of anilines is 3. The molecule has 2 N–H and O–H groups in total. The zero-order valence-corrected chi connectivity index (χ0v) is 14.7. The van der Waals surface area contributed by atoms with E-state index in [1.807, 2.05) is 6.07 Å². The Morgan fingerprint density at radius 1 is 1.00 bits per heavy atom. The number of hydrogen-bond donors (Lipinski definition) is 2. The first-order valence-electron chi connectivity index (χ1n) is 7.42. The van der Waals surface area contributed by atoms with E-state index in [1.54, 1.807) is 48.5 Å². The van der Waals surface area contributed by atoms with Crippen LogP contribution < -0.4 is 10.6 Å². The van der Waals surface area contributed by atoms with Gasteiger partial charge in [0.15, 0.2) is 11.5 Å². The van der Waals surface area contributed by atoms with Crippen LogP contribution in [0.5, 0.6) is 0 Å². The summed E-state index contributed by atoms with van der Waals surface area (Å²) in [6.45, 7) is 0. The second-order valence-electron chi connectivity index (χ2n) is 5.20. The van der Waals surface area contributed by atoms with Crippen LogP contribution in [0.4, 0.5) is 17.2 Å². The molecule has 0 bridgehead atoms. The van der Waals surface area contributed by atoms with Crippen LogP contribution >= 0.6 is 23.2 Å². The second kappa shape index (κ2) is 7.83. The van der Waals surface area contributed by atoms with Gasteiger partial charge in [-0.05, 0) is 54.6 Å². The first-order chi connectivity index (χ1) is 12.5. The van der Waals surface area contributed by atoms with E-state index in [4.69, 9.17) is 28.5 Å². The highest BCUT2D eigenvalue weighted by Crippen LogP contribution is 2.25. The molecule has 0 radical (unpaired) electrons. The van der Waals surface area contributed by atoms with Crippen molar-refractivity contribution in [1.29, 1.82) is 5.26 Å². The van der Waals surface area contributed by atoms with E-state index in [0.29, 0.717) is 27.1 Å². The van der Waals surface area contributed by atoms with Gasteiger partial charge in [0.2, 0.25) is 0 Å². The molecule has 1 heterocycles. The normalized spacial score (nSPS) is 10.0. The summed E-state index contributed by atoms with van der Waals surface area (Å²) in [6.07, 6.45) is 0. The minimum absolute atomic E-state index is 0.131. The Bertz CT molecular complexity index is 982. The molecular weight excluding hydrogens is 373 g/mol. The molecule has 0 saturated carbocycles. The van der Waals surface area contributed by atoms with Gasteiger partial charge in [0.05, 0.1) is 22.3 Å². The topological polar surface area (TPSA) is 90.7 Å². The van der Waals surface area contributed by atoms with Gasteiger partial charge >= 0.3 is 0 Å². The fourth-order valence-electron chi connectivity index (χ4n) is 2.08. The van der Waals surface area contributed by atoms with E-state index in [-0.39, 0.29) is 5.69 Å². The van der Waals surface area contributed by atoms with E-state index in [0.717, 1.165) is 5.69 Å². The number of nitrogens with zero attached hydrogens (tertiary/aromatic N) is 3. The van der Waals surface area contributed by atoms with Gasteiger partial charge in [0.1, 0.15) is 0 Å². The van der Waals surface area contributed by atoms with Crippen LogP contribution in [-0.4, -0.2) is 16.1 Å². The number of carbonyl (C=O) groups is 1. The predicted octanol–water partition coefficient (Wildman–Crippen LogP) is 4.65. The van der Waals surface area contributed by atoms with Crippen LogP contribution in [0.1, 0.15) is 16.1 Å². The highest BCUT2D eigenvalue weighted by Gasteiger charge is 2.11. The molecule has 1 aromatic heterocycles. The average molecular weight is 384 g/mol. The fourth-order valence-corrected chi connectivity index (χ4v) is 2.41. The van der Waals surface area contributed by atoms with Crippen molar-refractivity contribution in [3.63, 3.8) is 0 Å². The summed E-state index contributed by atoms with van der Waals surface area (Å²) in [7, 11) is 0. The highest BCUT2D eigenvalue weighted by atomic mass is 35.5. The molecule has 8 heteroatoms. The van der Waals surface area contributed by atoms with Crippen molar-refractivity contribution in [1.82, 2.24) is 10.2 Å². The van der Waals surface area contributed by atoms with Crippen LogP contribution in [0.2, 0.25) is 10.0 Å². The molecule has 0 saturated heterocycles. The molecule has 0 fully saturated rings. The Kier molecular flexibility index (Phi) is 5.32. The largest absolute Gasteiger partial charge is 0.339 e. The molecule has 128 valence electrons. The molecule has 0 aliphatic heterocycles. The van der Waals surface area contributed by atoms with Crippen LogP contribution in [-0.2, 0) is 0 Å². The number of carbonyl (C=O) groups excluding carboxylic acids is 1. The molecule has 2 aromatic carbocycles. The average Bonchev–Trinajstić information content (AvgIpc) is 2.66. The van der Waals surface area contributed by atoms with Crippen molar-refractivity contribution in [3.05, 3.63) is 75.9 Å². The second-order valence-corrected chi connectivity index (χ2v) is 6.04. The van der Waals surface area contributed by atoms with E-state index >= 15 is 0 Å². The van der Waals surface area contributed by atoms with E-state index in [9.17, 15) is 4.79 Å². The first-order valence-corrected chi connectivity index (χ1v) is 8.18. The molecule has 26 heavy (non-hydrogen) atoms. The van der Waals surface area contributed by atoms with Gasteiger partial charge in [-0.15, -0.1) is 10.2 Å². The number of rotatable bonds is 4. The third-order valence-corrected chi connectivity index (χ3v) is 3.92. The summed E-state index contributed by atoms with van der Waals surface area (Å²) in [5.74, 6) is 0.0126. The lowest BCUT2D eigenvalue weighted by Gasteiger charge is -2.08. The molecular formula is C18H11Cl2N5O. The van der Waals surface area contributed by atoms with Crippen LogP contribution in [0.15, 0.2) is 54.6 Å². The number of nitriles is 1. The third-order valence-electron chi connectivity index (χ3n) is 3.36. The number of nitrogens with one attached hydrogen (secondary N) is 2. The minimum atomic E-state index is -0.452. The minimum Gasteiger partial charge on any atom is -0.339 e. The smallest absolute Gasteiger partial charge is 0.276 e. The molecule has 0 unspecified atom stereocenters. The molecule has 3 rings (SSSR count). The van der Waals surface area contributed by atoms with Crippen LogP contribution in [0, 0.1) is 11.3 Å². The summed E-state index contributed by atoms with van der Waals surface area (Å²) < 4.78 is 0. The number of hydrogen-bond acceptors (Lipinski definition) is 5. The first kappa shape index (κ1) is 17.7. The lowest BCUT2D eigenvalue weighted by atomic mass is 10.2. The lowest BCUT2D eigenvalue weighted by Crippen LogP contribution is -2.14. The third kappa shape index (κ3) is 4.28. The van der Waals surface area contributed by atoms with Gasteiger partial charge in [0.25, 0.3) is 5.91 Å². The van der Waals surface area contributed by atoms with Gasteiger partial charge < -0.3 is 10.6 Å². The molecule has 1 amide bonds. The van der Waals surface area contributed by atoms with Gasteiger partial charge in [-0.2, -0.15) is 5.26 Å². The predicted molar refractivity (Wildman–Crippen MR) is 101 cm³/mol. The summed E-state index contributed by atoms with van der Waals surface area (Å²) >= 11 is 11.9. The standard InChI is InChI=1S/C18H11Cl2N5O/c19-12-3-6-14(20)16(9-12)23-18(26)15-7-8-17(25-24-15)22-13-4-1-11(10-21)2-5-13/h1-9H,(H,22,25)(H,23,26). The van der Waals surface area contributed by atoms with Gasteiger partial charge in [-0.3, -0.25) is 4.79 Å². The van der Waals surface area contributed by atoms with Crippen molar-refractivity contribution in [2.24, 2.45) is 0 Å². The number of aromatic nitrogens is 2. The molecule has 0 atom stereocenters. The molecule has 0 spiro atoms. The van der Waals surface area contributed by atoms with E-state index < -0.39 is 5.91 Å².